The van der Waals surface area contributed by atoms with Gasteiger partial charge in [0.15, 0.2) is 0 Å². The topological polar surface area (TPSA) is 96.0 Å². The standard InChI is InChI=1S/C14H14ClN3O3/c15-11-5-4-10(8-12(11)18(20)21)17-13(19)14(9-16)6-2-1-3-7-14/h4-5,8H,1-3,6-7H2,(H,17,19). The number of nitro groups is 1. The van der Waals surface area contributed by atoms with Gasteiger partial charge in [0.2, 0.25) is 5.91 Å². The van der Waals surface area contributed by atoms with E-state index in [0.717, 1.165) is 19.3 Å². The first-order chi connectivity index (χ1) is 9.98. The number of carbonyl (C=O) groups is 1. The Morgan fingerprint density at radius 2 is 2.05 bits per heavy atom. The molecule has 0 aliphatic heterocycles. The number of anilines is 1. The van der Waals surface area contributed by atoms with E-state index in [1.165, 1.54) is 18.2 Å². The molecule has 1 fully saturated rings. The van der Waals surface area contributed by atoms with Crippen molar-refractivity contribution in [1.29, 1.82) is 5.26 Å². The number of amides is 1. The minimum absolute atomic E-state index is 0.00524. The van der Waals surface area contributed by atoms with E-state index >= 15 is 0 Å². The molecule has 1 aliphatic rings. The van der Waals surface area contributed by atoms with Gasteiger partial charge in [0.1, 0.15) is 10.4 Å². The van der Waals surface area contributed by atoms with Crippen LogP contribution in [-0.2, 0) is 4.79 Å². The molecule has 0 unspecified atom stereocenters. The second kappa shape index (κ2) is 6.10. The minimum Gasteiger partial charge on any atom is -0.324 e. The highest BCUT2D eigenvalue weighted by Gasteiger charge is 2.39. The molecule has 0 aromatic heterocycles. The van der Waals surface area contributed by atoms with Crippen LogP contribution < -0.4 is 5.32 Å². The number of nitriles is 1. The number of halogens is 1. The summed E-state index contributed by atoms with van der Waals surface area (Å²) in [6.07, 6.45) is 3.72. The molecule has 1 aromatic carbocycles. The highest BCUT2D eigenvalue weighted by atomic mass is 35.5. The fourth-order valence-corrected chi connectivity index (χ4v) is 2.71. The van der Waals surface area contributed by atoms with Gasteiger partial charge in [-0.15, -0.1) is 0 Å². The SMILES string of the molecule is N#CC1(C(=O)Nc2ccc(Cl)c([N+](=O)[O-])c2)CCCCC1. The highest BCUT2D eigenvalue weighted by Crippen LogP contribution is 2.37. The van der Waals surface area contributed by atoms with Crippen LogP contribution in [-0.4, -0.2) is 10.8 Å². The molecule has 1 amide bonds. The first kappa shape index (κ1) is 15.3. The summed E-state index contributed by atoms with van der Waals surface area (Å²) in [4.78, 5) is 22.6. The van der Waals surface area contributed by atoms with E-state index in [0.29, 0.717) is 12.8 Å². The normalized spacial score (nSPS) is 16.8. The van der Waals surface area contributed by atoms with Gasteiger partial charge in [-0.3, -0.25) is 14.9 Å². The Balaban J connectivity index is 2.21. The monoisotopic (exact) mass is 307 g/mol. The number of rotatable bonds is 3. The third-order valence-corrected chi connectivity index (χ3v) is 4.08. The fourth-order valence-electron chi connectivity index (χ4n) is 2.53. The Morgan fingerprint density at radius 1 is 1.38 bits per heavy atom. The molecule has 1 saturated carbocycles. The first-order valence-corrected chi connectivity index (χ1v) is 7.03. The van der Waals surface area contributed by atoms with Crippen LogP contribution in [0.15, 0.2) is 18.2 Å². The fraction of sp³-hybridized carbons (Fsp3) is 0.429. The van der Waals surface area contributed by atoms with Crippen molar-refractivity contribution in [2.45, 2.75) is 32.1 Å². The number of carbonyl (C=O) groups excluding carboxylic acids is 1. The Bertz CT molecular complexity index is 618. The van der Waals surface area contributed by atoms with Gasteiger partial charge in [-0.05, 0) is 25.0 Å². The zero-order valence-electron chi connectivity index (χ0n) is 11.3. The zero-order chi connectivity index (χ0) is 15.5. The van der Waals surface area contributed by atoms with Gasteiger partial charge in [-0.2, -0.15) is 5.26 Å². The maximum atomic E-state index is 12.4. The predicted molar refractivity (Wildman–Crippen MR) is 77.9 cm³/mol. The molecule has 21 heavy (non-hydrogen) atoms. The maximum Gasteiger partial charge on any atom is 0.289 e. The van der Waals surface area contributed by atoms with E-state index in [1.54, 1.807) is 0 Å². The van der Waals surface area contributed by atoms with Crippen LogP contribution in [0.25, 0.3) is 0 Å². The van der Waals surface area contributed by atoms with Crippen LogP contribution in [0.4, 0.5) is 11.4 Å². The third-order valence-electron chi connectivity index (χ3n) is 3.76. The summed E-state index contributed by atoms with van der Waals surface area (Å²) >= 11 is 5.72. The quantitative estimate of drug-likeness (QED) is 0.680. The van der Waals surface area contributed by atoms with Crippen molar-refractivity contribution in [1.82, 2.24) is 0 Å². The Morgan fingerprint density at radius 3 is 2.62 bits per heavy atom. The van der Waals surface area contributed by atoms with Gasteiger partial charge in [0.25, 0.3) is 5.69 Å². The van der Waals surface area contributed by atoms with Crippen molar-refractivity contribution in [3.8, 4) is 6.07 Å². The van der Waals surface area contributed by atoms with Crippen molar-refractivity contribution >= 4 is 28.9 Å². The molecule has 0 spiro atoms. The average molecular weight is 308 g/mol. The first-order valence-electron chi connectivity index (χ1n) is 6.65. The second-order valence-electron chi connectivity index (χ2n) is 5.13. The zero-order valence-corrected chi connectivity index (χ0v) is 12.0. The molecule has 0 bridgehead atoms. The largest absolute Gasteiger partial charge is 0.324 e. The van der Waals surface area contributed by atoms with Gasteiger partial charge in [-0.1, -0.05) is 30.9 Å². The van der Waals surface area contributed by atoms with E-state index in [1.807, 2.05) is 0 Å². The number of nitro benzene ring substituents is 1. The van der Waals surface area contributed by atoms with Crippen LogP contribution in [0.1, 0.15) is 32.1 Å². The van der Waals surface area contributed by atoms with Crippen molar-refractivity contribution in [3.05, 3.63) is 33.3 Å². The third kappa shape index (κ3) is 3.14. The van der Waals surface area contributed by atoms with Crippen LogP contribution in [0.5, 0.6) is 0 Å². The molecule has 1 N–H and O–H groups in total. The Labute approximate surface area is 126 Å². The molecule has 1 aromatic rings. The van der Waals surface area contributed by atoms with Crippen molar-refractivity contribution in [2.24, 2.45) is 5.41 Å². The smallest absolute Gasteiger partial charge is 0.289 e. The molecular weight excluding hydrogens is 294 g/mol. The van der Waals surface area contributed by atoms with Crippen LogP contribution in [0.2, 0.25) is 5.02 Å². The summed E-state index contributed by atoms with van der Waals surface area (Å²) in [7, 11) is 0. The highest BCUT2D eigenvalue weighted by molar-refractivity contribution is 6.32. The molecular formula is C14H14ClN3O3. The molecule has 2 rings (SSSR count). The summed E-state index contributed by atoms with van der Waals surface area (Å²) < 4.78 is 0. The van der Waals surface area contributed by atoms with Crippen molar-refractivity contribution < 1.29 is 9.72 Å². The maximum absolute atomic E-state index is 12.4. The lowest BCUT2D eigenvalue weighted by atomic mass is 9.74. The molecule has 0 saturated heterocycles. The van der Waals surface area contributed by atoms with E-state index in [2.05, 4.69) is 11.4 Å². The molecule has 0 heterocycles. The van der Waals surface area contributed by atoms with Gasteiger partial charge < -0.3 is 5.32 Å². The van der Waals surface area contributed by atoms with Crippen LogP contribution >= 0.6 is 11.6 Å². The summed E-state index contributed by atoms with van der Waals surface area (Å²) in [6, 6.07) is 6.16. The summed E-state index contributed by atoms with van der Waals surface area (Å²) in [5.41, 5.74) is -1.03. The number of benzene rings is 1. The molecule has 1 aliphatic carbocycles. The molecule has 110 valence electrons. The van der Waals surface area contributed by atoms with Crippen LogP contribution in [0, 0.1) is 26.9 Å². The molecule has 0 radical (unpaired) electrons. The Hall–Kier alpha value is -2.13. The average Bonchev–Trinajstić information content (AvgIpc) is 2.49. The molecule has 7 heteroatoms. The number of hydrogen-bond acceptors (Lipinski definition) is 4. The van der Waals surface area contributed by atoms with Crippen LogP contribution in [0.3, 0.4) is 0 Å². The lowest BCUT2D eigenvalue weighted by Crippen LogP contribution is -2.36. The second-order valence-corrected chi connectivity index (χ2v) is 5.54. The van der Waals surface area contributed by atoms with E-state index in [4.69, 9.17) is 11.6 Å². The van der Waals surface area contributed by atoms with Gasteiger partial charge in [-0.25, -0.2) is 0 Å². The number of hydrogen-bond donors (Lipinski definition) is 1. The van der Waals surface area contributed by atoms with E-state index in [-0.39, 0.29) is 16.4 Å². The van der Waals surface area contributed by atoms with Gasteiger partial charge in [0, 0.05) is 11.8 Å². The van der Waals surface area contributed by atoms with Crippen molar-refractivity contribution in [3.63, 3.8) is 0 Å². The lowest BCUT2D eigenvalue weighted by Gasteiger charge is -2.29. The number of nitrogens with zero attached hydrogens (tertiary/aromatic N) is 2. The van der Waals surface area contributed by atoms with Gasteiger partial charge in [0.05, 0.1) is 11.0 Å². The van der Waals surface area contributed by atoms with Crippen molar-refractivity contribution in [2.75, 3.05) is 5.32 Å². The summed E-state index contributed by atoms with van der Waals surface area (Å²) in [5, 5.41) is 22.8. The minimum atomic E-state index is -1.04. The summed E-state index contributed by atoms with van der Waals surface area (Å²) in [5.74, 6) is -0.402. The number of nitrogens with one attached hydrogen (secondary N) is 1. The van der Waals surface area contributed by atoms with Gasteiger partial charge >= 0.3 is 0 Å². The lowest BCUT2D eigenvalue weighted by molar-refractivity contribution is -0.384. The molecule has 0 atom stereocenters. The molecule has 6 nitrogen and oxygen atoms in total. The summed E-state index contributed by atoms with van der Waals surface area (Å²) in [6.45, 7) is 0. The van der Waals surface area contributed by atoms with E-state index < -0.39 is 16.2 Å². The Kier molecular flexibility index (Phi) is 4.43. The predicted octanol–water partition coefficient (Wildman–Crippen LogP) is 3.66. The van der Waals surface area contributed by atoms with E-state index in [9.17, 15) is 20.2 Å².